The SMILES string of the molecule is COCCCCNC(=O)N1CCC(C(=O)O)C1. The highest BCUT2D eigenvalue weighted by Gasteiger charge is 2.30. The molecule has 1 unspecified atom stereocenters. The number of carboxylic acids is 1. The fourth-order valence-electron chi connectivity index (χ4n) is 1.82. The molecule has 0 aromatic carbocycles. The van der Waals surface area contributed by atoms with E-state index < -0.39 is 11.9 Å². The summed E-state index contributed by atoms with van der Waals surface area (Å²) in [5.74, 6) is -1.23. The third kappa shape index (κ3) is 4.60. The number of carboxylic acid groups (broad SMARTS) is 1. The van der Waals surface area contributed by atoms with Gasteiger partial charge in [-0.15, -0.1) is 0 Å². The molecule has 6 heteroatoms. The van der Waals surface area contributed by atoms with Gasteiger partial charge in [-0.3, -0.25) is 4.79 Å². The van der Waals surface area contributed by atoms with E-state index in [1.54, 1.807) is 12.0 Å². The van der Waals surface area contributed by atoms with Crippen molar-refractivity contribution in [1.29, 1.82) is 0 Å². The number of amides is 2. The van der Waals surface area contributed by atoms with Crippen LogP contribution < -0.4 is 5.32 Å². The minimum atomic E-state index is -0.819. The van der Waals surface area contributed by atoms with Crippen molar-refractivity contribution in [3.8, 4) is 0 Å². The van der Waals surface area contributed by atoms with Crippen molar-refractivity contribution < 1.29 is 19.4 Å². The van der Waals surface area contributed by atoms with Gasteiger partial charge in [-0.1, -0.05) is 0 Å². The van der Waals surface area contributed by atoms with Gasteiger partial charge in [0.25, 0.3) is 0 Å². The van der Waals surface area contributed by atoms with E-state index in [0.717, 1.165) is 12.8 Å². The van der Waals surface area contributed by atoms with Crippen molar-refractivity contribution in [2.24, 2.45) is 5.92 Å². The lowest BCUT2D eigenvalue weighted by molar-refractivity contribution is -0.141. The molecule has 98 valence electrons. The zero-order chi connectivity index (χ0) is 12.7. The largest absolute Gasteiger partial charge is 0.481 e. The molecule has 0 aliphatic carbocycles. The van der Waals surface area contributed by atoms with E-state index in [1.165, 1.54) is 0 Å². The first-order valence-corrected chi connectivity index (χ1v) is 5.89. The van der Waals surface area contributed by atoms with Crippen molar-refractivity contribution in [2.45, 2.75) is 19.3 Å². The highest BCUT2D eigenvalue weighted by atomic mass is 16.5. The summed E-state index contributed by atoms with van der Waals surface area (Å²) in [6.07, 6.45) is 2.33. The van der Waals surface area contributed by atoms with Gasteiger partial charge in [-0.05, 0) is 19.3 Å². The molecule has 1 aliphatic rings. The monoisotopic (exact) mass is 244 g/mol. The van der Waals surface area contributed by atoms with Gasteiger partial charge >= 0.3 is 12.0 Å². The molecule has 1 atom stereocenters. The Bertz CT molecular complexity index is 270. The van der Waals surface area contributed by atoms with E-state index in [4.69, 9.17) is 9.84 Å². The Morgan fingerprint density at radius 2 is 2.24 bits per heavy atom. The van der Waals surface area contributed by atoms with E-state index in [-0.39, 0.29) is 6.03 Å². The molecule has 17 heavy (non-hydrogen) atoms. The molecule has 1 heterocycles. The van der Waals surface area contributed by atoms with Gasteiger partial charge in [0.1, 0.15) is 0 Å². The Hall–Kier alpha value is -1.30. The van der Waals surface area contributed by atoms with Crippen LogP contribution in [0.25, 0.3) is 0 Å². The average Bonchev–Trinajstić information content (AvgIpc) is 2.78. The van der Waals surface area contributed by atoms with Crippen molar-refractivity contribution in [1.82, 2.24) is 10.2 Å². The molecule has 1 rings (SSSR count). The van der Waals surface area contributed by atoms with E-state index >= 15 is 0 Å². The zero-order valence-corrected chi connectivity index (χ0v) is 10.1. The number of hydrogen-bond donors (Lipinski definition) is 2. The van der Waals surface area contributed by atoms with E-state index in [9.17, 15) is 9.59 Å². The summed E-state index contributed by atoms with van der Waals surface area (Å²) in [7, 11) is 1.65. The minimum Gasteiger partial charge on any atom is -0.481 e. The Balaban J connectivity index is 2.14. The highest BCUT2D eigenvalue weighted by Crippen LogP contribution is 2.15. The maximum absolute atomic E-state index is 11.6. The van der Waals surface area contributed by atoms with E-state index in [2.05, 4.69) is 5.32 Å². The average molecular weight is 244 g/mol. The lowest BCUT2D eigenvalue weighted by Gasteiger charge is -2.16. The molecular weight excluding hydrogens is 224 g/mol. The zero-order valence-electron chi connectivity index (χ0n) is 10.1. The van der Waals surface area contributed by atoms with Crippen LogP contribution in [0.5, 0.6) is 0 Å². The Labute approximate surface area is 101 Å². The van der Waals surface area contributed by atoms with Gasteiger partial charge < -0.3 is 20.1 Å². The van der Waals surface area contributed by atoms with Gasteiger partial charge in [-0.2, -0.15) is 0 Å². The van der Waals surface area contributed by atoms with Crippen LogP contribution in [0, 0.1) is 5.92 Å². The third-order valence-corrected chi connectivity index (χ3v) is 2.88. The number of aliphatic carboxylic acids is 1. The molecule has 6 nitrogen and oxygen atoms in total. The second kappa shape index (κ2) is 7.11. The summed E-state index contributed by atoms with van der Waals surface area (Å²) >= 11 is 0. The van der Waals surface area contributed by atoms with Gasteiger partial charge in [-0.25, -0.2) is 4.79 Å². The van der Waals surface area contributed by atoms with Crippen molar-refractivity contribution in [3.05, 3.63) is 0 Å². The number of carbonyl (C=O) groups is 2. The lowest BCUT2D eigenvalue weighted by Crippen LogP contribution is -2.39. The summed E-state index contributed by atoms with van der Waals surface area (Å²) in [6.45, 7) is 2.15. The van der Waals surface area contributed by atoms with Crippen LogP contribution in [0.3, 0.4) is 0 Å². The first-order chi connectivity index (χ1) is 8.15. The molecule has 0 aromatic heterocycles. The Morgan fingerprint density at radius 1 is 1.47 bits per heavy atom. The first kappa shape index (κ1) is 13.8. The number of unbranched alkanes of at least 4 members (excludes halogenated alkanes) is 1. The van der Waals surface area contributed by atoms with E-state index in [0.29, 0.717) is 32.7 Å². The fourth-order valence-corrected chi connectivity index (χ4v) is 1.82. The summed E-state index contributed by atoms with van der Waals surface area (Å²) in [4.78, 5) is 23.9. The quantitative estimate of drug-likeness (QED) is 0.668. The summed E-state index contributed by atoms with van der Waals surface area (Å²) in [6, 6.07) is -0.161. The second-order valence-electron chi connectivity index (χ2n) is 4.20. The summed E-state index contributed by atoms with van der Waals surface area (Å²) < 4.78 is 4.90. The van der Waals surface area contributed by atoms with E-state index in [1.807, 2.05) is 0 Å². The number of hydrogen-bond acceptors (Lipinski definition) is 3. The Kier molecular flexibility index (Phi) is 5.76. The van der Waals surface area contributed by atoms with Crippen LogP contribution in [0.4, 0.5) is 4.79 Å². The molecule has 2 amide bonds. The third-order valence-electron chi connectivity index (χ3n) is 2.88. The van der Waals surface area contributed by atoms with Crippen LogP contribution in [-0.2, 0) is 9.53 Å². The number of rotatable bonds is 6. The molecule has 0 radical (unpaired) electrons. The normalized spacial score (nSPS) is 19.4. The number of urea groups is 1. The van der Waals surface area contributed by atoms with Gasteiger partial charge in [0.15, 0.2) is 0 Å². The topological polar surface area (TPSA) is 78.9 Å². The number of likely N-dealkylation sites (tertiary alicyclic amines) is 1. The van der Waals surface area contributed by atoms with Crippen molar-refractivity contribution >= 4 is 12.0 Å². The van der Waals surface area contributed by atoms with Gasteiger partial charge in [0.2, 0.25) is 0 Å². The number of nitrogens with one attached hydrogen (secondary N) is 1. The summed E-state index contributed by atoms with van der Waals surface area (Å²) in [5.41, 5.74) is 0. The van der Waals surface area contributed by atoms with Crippen LogP contribution in [0.1, 0.15) is 19.3 Å². The smallest absolute Gasteiger partial charge is 0.317 e. The molecule has 0 bridgehead atoms. The molecule has 0 saturated carbocycles. The first-order valence-electron chi connectivity index (χ1n) is 5.89. The summed E-state index contributed by atoms with van der Waals surface area (Å²) in [5, 5.41) is 11.6. The molecule has 0 aromatic rings. The lowest BCUT2D eigenvalue weighted by atomic mass is 10.1. The van der Waals surface area contributed by atoms with Crippen molar-refractivity contribution in [2.75, 3.05) is 33.4 Å². The maximum Gasteiger partial charge on any atom is 0.317 e. The molecular formula is C11H20N2O4. The molecule has 1 saturated heterocycles. The number of ether oxygens (including phenoxy) is 1. The predicted octanol–water partition coefficient (Wildman–Crippen LogP) is 0.529. The highest BCUT2D eigenvalue weighted by molar-refractivity contribution is 5.77. The van der Waals surface area contributed by atoms with Crippen LogP contribution in [-0.4, -0.2) is 55.4 Å². The minimum absolute atomic E-state index is 0.161. The molecule has 2 N–H and O–H groups in total. The second-order valence-corrected chi connectivity index (χ2v) is 4.20. The fraction of sp³-hybridized carbons (Fsp3) is 0.818. The van der Waals surface area contributed by atoms with Crippen LogP contribution in [0.2, 0.25) is 0 Å². The number of methoxy groups -OCH3 is 1. The van der Waals surface area contributed by atoms with Crippen molar-refractivity contribution in [3.63, 3.8) is 0 Å². The molecule has 1 fully saturated rings. The van der Waals surface area contributed by atoms with Crippen LogP contribution in [0.15, 0.2) is 0 Å². The van der Waals surface area contributed by atoms with Crippen LogP contribution >= 0.6 is 0 Å². The standard InChI is InChI=1S/C11H20N2O4/c1-17-7-3-2-5-12-11(16)13-6-4-9(8-13)10(14)15/h9H,2-8H2,1H3,(H,12,16)(H,14,15). The molecule has 1 aliphatic heterocycles. The number of carbonyl (C=O) groups excluding carboxylic acids is 1. The maximum atomic E-state index is 11.6. The Morgan fingerprint density at radius 3 is 2.82 bits per heavy atom. The number of nitrogens with zero attached hydrogens (tertiary/aromatic N) is 1. The van der Waals surface area contributed by atoms with Gasteiger partial charge in [0, 0.05) is 33.4 Å². The molecule has 0 spiro atoms. The van der Waals surface area contributed by atoms with Gasteiger partial charge in [0.05, 0.1) is 5.92 Å². The predicted molar refractivity (Wildman–Crippen MR) is 61.8 cm³/mol.